The summed E-state index contributed by atoms with van der Waals surface area (Å²) in [7, 11) is 0. The normalized spacial score (nSPS) is 24.0. The molecule has 0 spiro atoms. The summed E-state index contributed by atoms with van der Waals surface area (Å²) < 4.78 is 5.57. The second-order valence-corrected chi connectivity index (χ2v) is 14.0. The van der Waals surface area contributed by atoms with Crippen LogP contribution in [0.2, 0.25) is 0 Å². The van der Waals surface area contributed by atoms with E-state index in [-0.39, 0.29) is 67.2 Å². The fraction of sp³-hybridized carbons (Fsp3) is 0.552. The Morgan fingerprint density at radius 2 is 1.87 bits per heavy atom. The van der Waals surface area contributed by atoms with Crippen molar-refractivity contribution in [2.24, 2.45) is 17.6 Å². The lowest BCUT2D eigenvalue weighted by Gasteiger charge is -2.46. The van der Waals surface area contributed by atoms with E-state index in [0.29, 0.717) is 28.4 Å². The van der Waals surface area contributed by atoms with Gasteiger partial charge in [0.15, 0.2) is 0 Å². The van der Waals surface area contributed by atoms with Crippen LogP contribution in [0.5, 0.6) is 0 Å². The largest absolute Gasteiger partial charge is 0.477 e. The zero-order valence-corrected chi connectivity index (χ0v) is 27.5. The zero-order valence-electron chi connectivity index (χ0n) is 25.8. The lowest BCUT2D eigenvalue weighted by Crippen LogP contribution is -2.63. The number of nitro groups is 1. The van der Waals surface area contributed by atoms with E-state index in [4.69, 9.17) is 10.5 Å². The Balaban J connectivity index is 1.41. The number of primary amides is 1. The minimum atomic E-state index is -1.23. The molecule has 3 aliphatic rings. The smallest absolute Gasteiger partial charge is 0.410 e. The molecule has 47 heavy (non-hydrogen) atoms. The van der Waals surface area contributed by atoms with Gasteiger partial charge >= 0.3 is 18.1 Å². The number of fused-ring (bicyclic) bond motifs is 1. The summed E-state index contributed by atoms with van der Waals surface area (Å²) in [5.74, 6) is -1.94. The van der Waals surface area contributed by atoms with Gasteiger partial charge in [-0.25, -0.2) is 14.4 Å². The molecule has 6 N–H and O–H groups in total. The van der Waals surface area contributed by atoms with Crippen molar-refractivity contribution >= 4 is 59.1 Å². The van der Waals surface area contributed by atoms with Crippen LogP contribution in [0.4, 0.5) is 15.3 Å². The second kappa shape index (κ2) is 15.7. The molecule has 18 heteroatoms. The fourth-order valence-corrected chi connectivity index (χ4v) is 8.65. The quantitative estimate of drug-likeness (QED) is 0.0760. The average molecular weight is 695 g/mol. The number of hydrogen-bond acceptors (Lipinski definition) is 11. The van der Waals surface area contributed by atoms with E-state index >= 15 is 0 Å². The number of nitrogens with one attached hydrogen (secondary N) is 2. The molecule has 5 amide bonds. The van der Waals surface area contributed by atoms with Crippen molar-refractivity contribution in [3.05, 3.63) is 50.5 Å². The van der Waals surface area contributed by atoms with Crippen LogP contribution in [0.1, 0.15) is 32.3 Å². The number of β-lactam (4-membered cyclic amide) rings is 1. The Labute approximate surface area is 278 Å². The van der Waals surface area contributed by atoms with Crippen LogP contribution in [-0.2, 0) is 25.7 Å². The molecule has 0 aliphatic carbocycles. The zero-order chi connectivity index (χ0) is 34.4. The predicted octanol–water partition coefficient (Wildman–Crippen LogP) is 1.47. The minimum Gasteiger partial charge on any atom is -0.477 e. The van der Waals surface area contributed by atoms with Gasteiger partial charge in [-0.2, -0.15) is 11.8 Å². The van der Waals surface area contributed by atoms with Crippen molar-refractivity contribution in [2.75, 3.05) is 31.1 Å². The van der Waals surface area contributed by atoms with E-state index in [9.17, 15) is 44.3 Å². The summed E-state index contributed by atoms with van der Waals surface area (Å²) in [5.41, 5.74) is 5.39. The van der Waals surface area contributed by atoms with Gasteiger partial charge in [0.25, 0.3) is 5.69 Å². The second-order valence-electron chi connectivity index (χ2n) is 11.5. The summed E-state index contributed by atoms with van der Waals surface area (Å²) in [6.07, 6.45) is -0.819. The summed E-state index contributed by atoms with van der Waals surface area (Å²) >= 11 is 2.79. The van der Waals surface area contributed by atoms with Crippen molar-refractivity contribution < 1.29 is 43.8 Å². The molecule has 4 rings (SSSR count). The van der Waals surface area contributed by atoms with E-state index in [1.165, 1.54) is 59.6 Å². The van der Waals surface area contributed by atoms with Gasteiger partial charge in [-0.15, -0.1) is 11.8 Å². The lowest BCUT2D eigenvalue weighted by atomic mass is 9.79. The predicted molar refractivity (Wildman–Crippen MR) is 172 cm³/mol. The van der Waals surface area contributed by atoms with Crippen LogP contribution < -0.4 is 16.4 Å². The van der Waals surface area contributed by atoms with E-state index in [1.54, 1.807) is 4.90 Å². The number of likely N-dealkylation sites (tertiary alicyclic amines) is 1. The molecule has 6 atom stereocenters. The highest BCUT2D eigenvalue weighted by atomic mass is 32.2. The first kappa shape index (κ1) is 35.8. The van der Waals surface area contributed by atoms with E-state index in [2.05, 4.69) is 10.6 Å². The van der Waals surface area contributed by atoms with Crippen molar-refractivity contribution in [2.45, 2.75) is 56.7 Å². The number of nitrogens with two attached hydrogens (primary N) is 1. The molecule has 0 saturated carbocycles. The molecule has 2 fully saturated rings. The highest BCUT2D eigenvalue weighted by molar-refractivity contribution is 8.03. The number of carboxylic acid groups (broad SMARTS) is 1. The number of aliphatic carboxylic acids is 1. The van der Waals surface area contributed by atoms with Crippen molar-refractivity contribution in [3.63, 3.8) is 0 Å². The number of amides is 5. The number of nitrogens with zero attached hydrogens (tertiary/aromatic N) is 3. The molecule has 1 aromatic carbocycles. The van der Waals surface area contributed by atoms with Gasteiger partial charge in [-0.3, -0.25) is 19.7 Å². The molecule has 0 unspecified atom stereocenters. The Kier molecular flexibility index (Phi) is 12.0. The number of urea groups is 1. The van der Waals surface area contributed by atoms with E-state index in [1.807, 2.05) is 6.92 Å². The highest BCUT2D eigenvalue weighted by Gasteiger charge is 2.60. The molecule has 3 aliphatic heterocycles. The average Bonchev–Trinajstić information content (AvgIpc) is 3.52. The Morgan fingerprint density at radius 3 is 2.49 bits per heavy atom. The van der Waals surface area contributed by atoms with Gasteiger partial charge < -0.3 is 41.1 Å². The maximum atomic E-state index is 13.3. The number of carboxylic acids is 1. The number of rotatable bonds is 15. The first-order valence-corrected chi connectivity index (χ1v) is 17.0. The number of thioether (sulfide) groups is 2. The van der Waals surface area contributed by atoms with E-state index < -0.39 is 47.0 Å². The molecule has 2 saturated heterocycles. The molecular weight excluding hydrogens is 656 g/mol. The van der Waals surface area contributed by atoms with Gasteiger partial charge in [0.2, 0.25) is 11.8 Å². The van der Waals surface area contributed by atoms with Crippen LogP contribution in [0, 0.1) is 22.0 Å². The van der Waals surface area contributed by atoms with Crippen LogP contribution in [0.15, 0.2) is 34.9 Å². The number of benzene rings is 1. The summed E-state index contributed by atoms with van der Waals surface area (Å²) in [6.45, 7) is 3.92. The van der Waals surface area contributed by atoms with Gasteiger partial charge in [-0.05, 0) is 31.0 Å². The van der Waals surface area contributed by atoms with Gasteiger partial charge in [0.1, 0.15) is 12.3 Å². The Hall–Kier alpha value is -4.03. The van der Waals surface area contributed by atoms with Crippen molar-refractivity contribution in [1.82, 2.24) is 20.4 Å². The lowest BCUT2D eigenvalue weighted by molar-refractivity contribution is -0.384. The van der Waals surface area contributed by atoms with Crippen molar-refractivity contribution in [3.8, 4) is 0 Å². The molecule has 0 aromatic heterocycles. The third-order valence-corrected chi connectivity index (χ3v) is 10.9. The maximum Gasteiger partial charge on any atom is 0.410 e. The summed E-state index contributed by atoms with van der Waals surface area (Å²) in [5, 5.41) is 36.0. The minimum absolute atomic E-state index is 0.0865. The van der Waals surface area contributed by atoms with Crippen LogP contribution in [0.3, 0.4) is 0 Å². The first-order chi connectivity index (χ1) is 22.3. The SMILES string of the molecule is C[C@@H](O)[C@H]1C(=O)N2C(C(=O)O)=C(S[C@H]3C[C@@H](CSCCC(=O)NCCNC(N)=O)N(C(=O)OCc4ccc([N+](=O)[O-])cc4)C3)[C@H](C)[C@H]12. The molecule has 3 heterocycles. The molecule has 256 valence electrons. The maximum absolute atomic E-state index is 13.3. The Bertz CT molecular complexity index is 1420. The van der Waals surface area contributed by atoms with Gasteiger partial charge in [-0.1, -0.05) is 6.92 Å². The molecule has 16 nitrogen and oxygen atoms in total. The topological polar surface area (TPSA) is 235 Å². The molecule has 1 aromatic rings. The monoisotopic (exact) mass is 694 g/mol. The number of aliphatic hydroxyl groups excluding tert-OH is 1. The molecule has 0 bridgehead atoms. The first-order valence-electron chi connectivity index (χ1n) is 15.0. The number of ether oxygens (including phenoxy) is 1. The number of carbonyl (C=O) groups excluding carboxylic acids is 4. The van der Waals surface area contributed by atoms with Crippen LogP contribution >= 0.6 is 23.5 Å². The van der Waals surface area contributed by atoms with E-state index in [0.717, 1.165) is 0 Å². The van der Waals surface area contributed by atoms with Crippen LogP contribution in [-0.4, -0.2) is 109 Å². The highest BCUT2D eigenvalue weighted by Crippen LogP contribution is 2.52. The number of nitro benzene ring substituents is 1. The standard InChI is InChI=1S/C29H38N6O10S2/c1-15-23-22(16(2)36)26(38)34(23)24(27(39)40)25(15)47-20-11-19(14-46-10-7-21(37)31-8-9-32-28(30)41)33(12-20)29(42)45-13-17-3-5-18(6-4-17)35(43)44/h3-6,15-16,19-20,22-23,36H,7-14H2,1-2H3,(H,31,37)(H,39,40)(H3,30,32,41)/t15-,16-,19+,20+,22-,23-/m1/s1. The molecular formula is C29H38N6O10S2. The number of hydrogen-bond donors (Lipinski definition) is 5. The Morgan fingerprint density at radius 1 is 1.19 bits per heavy atom. The number of non-ortho nitro benzene ring substituents is 1. The summed E-state index contributed by atoms with van der Waals surface area (Å²) in [4.78, 5) is 75.1. The third kappa shape index (κ3) is 8.47. The fourth-order valence-electron chi connectivity index (χ4n) is 6.00. The number of carbonyl (C=O) groups is 5. The summed E-state index contributed by atoms with van der Waals surface area (Å²) in [6, 6.07) is 4.21. The number of aliphatic hydroxyl groups is 1. The van der Waals surface area contributed by atoms with Gasteiger partial charge in [0.05, 0.1) is 23.0 Å². The van der Waals surface area contributed by atoms with Crippen LogP contribution in [0.25, 0.3) is 0 Å². The third-order valence-electron chi connectivity index (χ3n) is 8.25. The molecule has 0 radical (unpaired) electrons. The van der Waals surface area contributed by atoms with Crippen molar-refractivity contribution in [1.29, 1.82) is 0 Å². The van der Waals surface area contributed by atoms with Gasteiger partial charge in [0, 0.05) is 71.8 Å².